The highest BCUT2D eigenvalue weighted by molar-refractivity contribution is 7.92. The first-order chi connectivity index (χ1) is 15.9. The summed E-state index contributed by atoms with van der Waals surface area (Å²) in [5.41, 5.74) is 1.82. The summed E-state index contributed by atoms with van der Waals surface area (Å²) in [4.78, 5) is 28.6. The van der Waals surface area contributed by atoms with Gasteiger partial charge in [0.1, 0.15) is 5.75 Å². The Labute approximate surface area is 193 Å². The Morgan fingerprint density at radius 2 is 1.76 bits per heavy atom. The van der Waals surface area contributed by atoms with Crippen molar-refractivity contribution in [1.82, 2.24) is 4.90 Å². The summed E-state index contributed by atoms with van der Waals surface area (Å²) in [7, 11) is -2.36. The molecule has 2 heterocycles. The zero-order chi connectivity index (χ0) is 23.4. The van der Waals surface area contributed by atoms with Gasteiger partial charge in [-0.3, -0.25) is 14.3 Å². The lowest BCUT2D eigenvalue weighted by molar-refractivity contribution is -0.136. The first-order valence-corrected chi connectivity index (χ1v) is 12.3. The number of ether oxygens (including phenoxy) is 2. The molecule has 0 saturated carbocycles. The molecule has 10 heteroatoms. The molecule has 0 radical (unpaired) electrons. The smallest absolute Gasteiger partial charge is 0.262 e. The summed E-state index contributed by atoms with van der Waals surface area (Å²) >= 11 is 0. The van der Waals surface area contributed by atoms with Crippen molar-refractivity contribution in [2.24, 2.45) is 0 Å². The summed E-state index contributed by atoms with van der Waals surface area (Å²) in [6.45, 7) is 2.62. The third-order valence-electron chi connectivity index (χ3n) is 5.83. The Hall–Kier alpha value is -3.11. The van der Waals surface area contributed by atoms with Crippen LogP contribution in [0.3, 0.4) is 0 Å². The van der Waals surface area contributed by atoms with Gasteiger partial charge in [0.25, 0.3) is 10.0 Å². The van der Waals surface area contributed by atoms with E-state index in [4.69, 9.17) is 9.47 Å². The maximum Gasteiger partial charge on any atom is 0.262 e. The van der Waals surface area contributed by atoms with Gasteiger partial charge in [-0.15, -0.1) is 0 Å². The van der Waals surface area contributed by atoms with Crippen LogP contribution in [0.15, 0.2) is 47.4 Å². The molecule has 1 fully saturated rings. The predicted octanol–water partition coefficient (Wildman–Crippen LogP) is 2.02. The number of nitrogens with one attached hydrogen (secondary N) is 1. The molecule has 0 bridgehead atoms. The minimum atomic E-state index is -3.83. The van der Waals surface area contributed by atoms with Gasteiger partial charge in [-0.25, -0.2) is 8.42 Å². The fourth-order valence-corrected chi connectivity index (χ4v) is 5.18. The quantitative estimate of drug-likeness (QED) is 0.660. The molecule has 176 valence electrons. The number of carbonyl (C=O) groups excluding carboxylic acids is 2. The fourth-order valence-electron chi connectivity index (χ4n) is 4.06. The molecule has 2 amide bonds. The molecule has 2 aliphatic heterocycles. The van der Waals surface area contributed by atoms with Gasteiger partial charge < -0.3 is 19.3 Å². The van der Waals surface area contributed by atoms with Crippen molar-refractivity contribution in [3.8, 4) is 5.75 Å². The lowest BCUT2D eigenvalue weighted by Gasteiger charge is -2.27. The minimum Gasteiger partial charge on any atom is -0.495 e. The van der Waals surface area contributed by atoms with Gasteiger partial charge in [0.2, 0.25) is 11.8 Å². The number of hydrogen-bond acceptors (Lipinski definition) is 6. The van der Waals surface area contributed by atoms with E-state index in [0.717, 1.165) is 5.56 Å². The van der Waals surface area contributed by atoms with Crippen LogP contribution in [0.4, 0.5) is 11.4 Å². The molecular weight excluding hydrogens is 446 g/mol. The number of fused-ring (bicyclic) bond motifs is 1. The van der Waals surface area contributed by atoms with Crippen LogP contribution in [0.5, 0.6) is 5.75 Å². The van der Waals surface area contributed by atoms with Crippen molar-refractivity contribution < 1.29 is 27.5 Å². The van der Waals surface area contributed by atoms with Crippen molar-refractivity contribution in [1.29, 1.82) is 0 Å². The van der Waals surface area contributed by atoms with Gasteiger partial charge in [0.05, 0.1) is 30.9 Å². The minimum absolute atomic E-state index is 0.0464. The van der Waals surface area contributed by atoms with Crippen molar-refractivity contribution in [2.75, 3.05) is 49.6 Å². The largest absolute Gasteiger partial charge is 0.495 e. The first-order valence-electron chi connectivity index (χ1n) is 10.8. The summed E-state index contributed by atoms with van der Waals surface area (Å²) in [6, 6.07) is 11.5. The van der Waals surface area contributed by atoms with E-state index in [2.05, 4.69) is 4.72 Å². The molecule has 0 spiro atoms. The number of nitrogens with zero attached hydrogens (tertiary/aromatic N) is 2. The first kappa shape index (κ1) is 23.1. The molecule has 33 heavy (non-hydrogen) atoms. The predicted molar refractivity (Wildman–Crippen MR) is 123 cm³/mol. The van der Waals surface area contributed by atoms with E-state index in [-0.39, 0.29) is 29.6 Å². The number of para-hydroxylation sites is 2. The van der Waals surface area contributed by atoms with E-state index in [1.165, 1.54) is 13.2 Å². The monoisotopic (exact) mass is 473 g/mol. The summed E-state index contributed by atoms with van der Waals surface area (Å²) in [5, 5.41) is 0. The highest BCUT2D eigenvalue weighted by Gasteiger charge is 2.28. The van der Waals surface area contributed by atoms with E-state index in [1.54, 1.807) is 46.2 Å². The molecule has 0 aliphatic carbocycles. The van der Waals surface area contributed by atoms with Gasteiger partial charge in [-0.05, 0) is 42.3 Å². The van der Waals surface area contributed by atoms with Crippen LogP contribution in [0.25, 0.3) is 0 Å². The van der Waals surface area contributed by atoms with Crippen LogP contribution < -0.4 is 14.4 Å². The number of amides is 2. The second kappa shape index (κ2) is 9.80. The number of hydrogen-bond donors (Lipinski definition) is 1. The van der Waals surface area contributed by atoms with E-state index in [0.29, 0.717) is 56.4 Å². The highest BCUT2D eigenvalue weighted by Crippen LogP contribution is 2.32. The number of rotatable bonds is 7. The highest BCUT2D eigenvalue weighted by atomic mass is 32.2. The summed E-state index contributed by atoms with van der Waals surface area (Å²) in [6.07, 6.45) is 0.821. The second-order valence-corrected chi connectivity index (χ2v) is 9.57. The molecule has 2 aromatic rings. The van der Waals surface area contributed by atoms with Crippen LogP contribution in [0.1, 0.15) is 18.4 Å². The zero-order valence-corrected chi connectivity index (χ0v) is 19.3. The Kier molecular flexibility index (Phi) is 6.85. The van der Waals surface area contributed by atoms with Gasteiger partial charge >= 0.3 is 0 Å². The van der Waals surface area contributed by atoms with Gasteiger partial charge in [0.15, 0.2) is 0 Å². The van der Waals surface area contributed by atoms with Crippen molar-refractivity contribution in [3.05, 3.63) is 48.0 Å². The van der Waals surface area contributed by atoms with Crippen molar-refractivity contribution in [3.63, 3.8) is 0 Å². The number of benzene rings is 2. The molecule has 1 N–H and O–H groups in total. The molecule has 9 nitrogen and oxygen atoms in total. The van der Waals surface area contributed by atoms with Gasteiger partial charge in [0, 0.05) is 38.2 Å². The topological polar surface area (TPSA) is 105 Å². The van der Waals surface area contributed by atoms with Crippen LogP contribution >= 0.6 is 0 Å². The molecule has 2 aliphatic rings. The molecule has 0 aromatic heterocycles. The van der Waals surface area contributed by atoms with E-state index < -0.39 is 10.0 Å². The van der Waals surface area contributed by atoms with E-state index in [9.17, 15) is 18.0 Å². The fraction of sp³-hybridized carbons (Fsp3) is 0.391. The molecule has 2 aromatic carbocycles. The number of methoxy groups -OCH3 is 1. The van der Waals surface area contributed by atoms with E-state index >= 15 is 0 Å². The Balaban J connectivity index is 1.43. The maximum absolute atomic E-state index is 12.9. The molecular formula is C23H27N3O6S. The Morgan fingerprint density at radius 1 is 1.03 bits per heavy atom. The molecule has 1 saturated heterocycles. The number of carbonyl (C=O) groups is 2. The number of anilines is 2. The van der Waals surface area contributed by atoms with Crippen molar-refractivity contribution >= 4 is 33.2 Å². The normalized spacial score (nSPS) is 15.8. The molecule has 0 atom stereocenters. The number of sulfonamides is 1. The van der Waals surface area contributed by atoms with Crippen molar-refractivity contribution in [2.45, 2.75) is 24.2 Å². The van der Waals surface area contributed by atoms with Crippen LogP contribution in [-0.2, 0) is 30.8 Å². The number of morpholine rings is 1. The third kappa shape index (κ3) is 5.12. The Morgan fingerprint density at radius 3 is 2.52 bits per heavy atom. The average molecular weight is 474 g/mol. The SMILES string of the molecule is COc1ccccc1NS(=O)(=O)c1ccc2c(c1)CCN2C(=O)CCC(=O)N1CCOCC1. The van der Waals surface area contributed by atoms with Crippen LogP contribution in [0, 0.1) is 0 Å². The second-order valence-electron chi connectivity index (χ2n) is 7.88. The molecule has 4 rings (SSSR count). The Bertz CT molecular complexity index is 1140. The lowest BCUT2D eigenvalue weighted by atomic mass is 10.2. The third-order valence-corrected chi connectivity index (χ3v) is 7.19. The van der Waals surface area contributed by atoms with Crippen LogP contribution in [-0.4, -0.2) is 65.1 Å². The zero-order valence-electron chi connectivity index (χ0n) is 18.5. The average Bonchev–Trinajstić information content (AvgIpc) is 3.26. The van der Waals surface area contributed by atoms with Crippen LogP contribution in [0.2, 0.25) is 0 Å². The summed E-state index contributed by atoms with van der Waals surface area (Å²) < 4.78 is 38.9. The van der Waals surface area contributed by atoms with E-state index in [1.807, 2.05) is 0 Å². The van der Waals surface area contributed by atoms with Gasteiger partial charge in [-0.1, -0.05) is 12.1 Å². The summed E-state index contributed by atoms with van der Waals surface area (Å²) in [5.74, 6) is 0.235. The van der Waals surface area contributed by atoms with Gasteiger partial charge in [-0.2, -0.15) is 0 Å². The maximum atomic E-state index is 12.9. The molecule has 0 unspecified atom stereocenters. The lowest BCUT2D eigenvalue weighted by Crippen LogP contribution is -2.41. The standard InChI is InChI=1S/C23H27N3O6S/c1-31-21-5-3-2-4-19(21)24-33(29,30)18-6-7-20-17(16-18)10-11-26(20)23(28)9-8-22(27)25-12-14-32-15-13-25/h2-7,16,24H,8-15H2,1H3.